The van der Waals surface area contributed by atoms with Crippen molar-refractivity contribution in [3.8, 4) is 11.5 Å². The normalized spacial score (nSPS) is 18.5. The molecule has 0 radical (unpaired) electrons. The molecule has 118 valence electrons. The number of aromatic hydroxyl groups is 2. The molecule has 0 spiro atoms. The number of aliphatic carboxylic acids is 1. The summed E-state index contributed by atoms with van der Waals surface area (Å²) >= 11 is 0. The van der Waals surface area contributed by atoms with Crippen molar-refractivity contribution in [2.45, 2.75) is 39.6 Å². The Kier molecular flexibility index (Phi) is 2.84. The van der Waals surface area contributed by atoms with Crippen molar-refractivity contribution in [2.24, 2.45) is 0 Å². The van der Waals surface area contributed by atoms with E-state index in [4.69, 9.17) is 16.7 Å². The van der Waals surface area contributed by atoms with Crippen molar-refractivity contribution in [2.75, 3.05) is 0 Å². The van der Waals surface area contributed by atoms with E-state index < -0.39 is 49.3 Å². The highest BCUT2D eigenvalue weighted by Gasteiger charge is 2.31. The van der Waals surface area contributed by atoms with E-state index in [1.54, 1.807) is 0 Å². The minimum absolute atomic E-state index is 0.112. The number of fused-ring (bicyclic) bond motifs is 1. The summed E-state index contributed by atoms with van der Waals surface area (Å²) in [6.45, 7) is -1.55. The first-order valence-corrected chi connectivity index (χ1v) is 6.43. The first-order valence-electron chi connectivity index (χ1n) is 8.93. The van der Waals surface area contributed by atoms with Crippen molar-refractivity contribution in [3.63, 3.8) is 0 Å². The number of benzene rings is 1. The van der Waals surface area contributed by atoms with E-state index in [1.807, 2.05) is 0 Å². The molecule has 0 saturated heterocycles. The van der Waals surface area contributed by atoms with Crippen LogP contribution in [-0.4, -0.2) is 27.3 Å². The van der Waals surface area contributed by atoms with Crippen molar-refractivity contribution < 1.29 is 36.5 Å². The summed E-state index contributed by atoms with van der Waals surface area (Å²) in [5.41, 5.74) is -0.464. The van der Waals surface area contributed by atoms with Gasteiger partial charge in [-0.1, -0.05) is 11.6 Å². The standard InChI is InChI=1S/C16H18O6/c1-8(4-6-12(17)18)3-5-10-14(19)9(2)11-7-22-16(21)13(11)15(10)20/h3,19-20H,4-7H2,1-2H3,(H,17,18)/b8-3+/i1D3,4D2. The Balaban J connectivity index is 2.54. The third-order valence-corrected chi connectivity index (χ3v) is 3.41. The van der Waals surface area contributed by atoms with Gasteiger partial charge < -0.3 is 20.1 Å². The molecule has 0 bridgehead atoms. The fourth-order valence-electron chi connectivity index (χ4n) is 2.21. The minimum atomic E-state index is -2.94. The molecule has 2 rings (SSSR count). The molecule has 3 N–H and O–H groups in total. The van der Waals surface area contributed by atoms with E-state index in [9.17, 15) is 19.8 Å². The molecule has 0 unspecified atom stereocenters. The molecule has 1 heterocycles. The van der Waals surface area contributed by atoms with Crippen LogP contribution in [-0.2, 0) is 22.6 Å². The van der Waals surface area contributed by atoms with E-state index in [1.165, 1.54) is 6.92 Å². The van der Waals surface area contributed by atoms with Gasteiger partial charge in [-0.2, -0.15) is 0 Å². The predicted molar refractivity (Wildman–Crippen MR) is 78.0 cm³/mol. The van der Waals surface area contributed by atoms with Crippen LogP contribution in [0, 0.1) is 6.92 Å². The monoisotopic (exact) mass is 311 g/mol. The summed E-state index contributed by atoms with van der Waals surface area (Å²) in [6.07, 6.45) is -3.25. The molecule has 0 amide bonds. The summed E-state index contributed by atoms with van der Waals surface area (Å²) in [5, 5.41) is 29.5. The van der Waals surface area contributed by atoms with Crippen molar-refractivity contribution in [3.05, 3.63) is 33.9 Å². The van der Waals surface area contributed by atoms with E-state index in [2.05, 4.69) is 0 Å². The van der Waals surface area contributed by atoms with E-state index >= 15 is 0 Å². The molecule has 1 aliphatic rings. The third kappa shape index (κ3) is 2.90. The zero-order chi connectivity index (χ0) is 20.7. The molecular formula is C16H18O6. The Morgan fingerprint density at radius 1 is 1.45 bits per heavy atom. The first-order chi connectivity index (χ1) is 12.3. The van der Waals surface area contributed by atoms with Crippen molar-refractivity contribution >= 4 is 11.9 Å². The number of carbonyl (C=O) groups excluding carboxylic acids is 1. The molecule has 6 heteroatoms. The number of allylic oxidation sites excluding steroid dienone is 2. The molecule has 0 fully saturated rings. The minimum Gasteiger partial charge on any atom is -0.507 e. The molecule has 0 aromatic heterocycles. The lowest BCUT2D eigenvalue weighted by atomic mass is 9.95. The summed E-state index contributed by atoms with van der Waals surface area (Å²) in [6, 6.07) is 0. The molecule has 1 aromatic rings. The lowest BCUT2D eigenvalue weighted by molar-refractivity contribution is -0.136. The Morgan fingerprint density at radius 2 is 2.18 bits per heavy atom. The third-order valence-electron chi connectivity index (χ3n) is 3.41. The number of carboxylic acid groups (broad SMARTS) is 1. The SMILES string of the molecule is [2H]C([2H])([2H])/C(=C\Cc1c(O)c(C)c2c(c1O)C(=O)OC2)C([2H])([2H])CC(=O)O. The molecule has 0 aliphatic carbocycles. The van der Waals surface area contributed by atoms with Crippen molar-refractivity contribution in [1.29, 1.82) is 0 Å². The maximum absolute atomic E-state index is 11.8. The smallest absolute Gasteiger partial charge is 0.342 e. The number of hydrogen-bond donors (Lipinski definition) is 3. The topological polar surface area (TPSA) is 104 Å². The number of carboxylic acids is 1. The van der Waals surface area contributed by atoms with Crippen LogP contribution >= 0.6 is 0 Å². The number of hydrogen-bond acceptors (Lipinski definition) is 5. The highest BCUT2D eigenvalue weighted by molar-refractivity contribution is 5.98. The second kappa shape index (κ2) is 6.09. The lowest BCUT2D eigenvalue weighted by Crippen LogP contribution is -2.00. The van der Waals surface area contributed by atoms with Gasteiger partial charge in [0.1, 0.15) is 23.7 Å². The van der Waals surface area contributed by atoms with Gasteiger partial charge in [-0.25, -0.2) is 4.79 Å². The summed E-state index contributed by atoms with van der Waals surface area (Å²) in [4.78, 5) is 22.6. The molecule has 1 aromatic carbocycles. The van der Waals surface area contributed by atoms with Crippen molar-refractivity contribution in [1.82, 2.24) is 0 Å². The number of phenolic OH excluding ortho intramolecular Hbond substituents is 2. The van der Waals surface area contributed by atoms with Crippen LogP contribution in [0.25, 0.3) is 0 Å². The molecule has 0 atom stereocenters. The van der Waals surface area contributed by atoms with Crippen LogP contribution in [0.3, 0.4) is 0 Å². The Morgan fingerprint density at radius 3 is 2.82 bits per heavy atom. The molecular weight excluding hydrogens is 288 g/mol. The second-order valence-electron chi connectivity index (χ2n) is 4.80. The zero-order valence-electron chi connectivity index (χ0n) is 16.8. The Hall–Kier alpha value is -2.50. The fourth-order valence-corrected chi connectivity index (χ4v) is 2.21. The largest absolute Gasteiger partial charge is 0.507 e. The van der Waals surface area contributed by atoms with Crippen LogP contribution < -0.4 is 0 Å². The molecule has 6 nitrogen and oxygen atoms in total. The van der Waals surface area contributed by atoms with Gasteiger partial charge in [0.15, 0.2) is 0 Å². The number of carbonyl (C=O) groups is 2. The quantitative estimate of drug-likeness (QED) is 0.570. The number of cyclic esters (lactones) is 1. The lowest BCUT2D eigenvalue weighted by Gasteiger charge is -2.12. The van der Waals surface area contributed by atoms with Gasteiger partial charge in [-0.15, -0.1) is 0 Å². The fraction of sp³-hybridized carbons (Fsp3) is 0.375. The number of rotatable bonds is 5. The van der Waals surface area contributed by atoms with Crippen LogP contribution in [0.4, 0.5) is 0 Å². The summed E-state index contributed by atoms with van der Waals surface area (Å²) < 4.78 is 42.9. The van der Waals surface area contributed by atoms with Gasteiger partial charge in [-0.3, -0.25) is 4.79 Å². The van der Waals surface area contributed by atoms with Crippen LogP contribution in [0.5, 0.6) is 11.5 Å². The van der Waals surface area contributed by atoms with Gasteiger partial charge in [0, 0.05) is 24.4 Å². The Bertz CT molecular complexity index is 841. The van der Waals surface area contributed by atoms with Crippen LogP contribution in [0.2, 0.25) is 0 Å². The zero-order valence-corrected chi connectivity index (χ0v) is 11.8. The van der Waals surface area contributed by atoms with Gasteiger partial charge >= 0.3 is 11.9 Å². The summed E-state index contributed by atoms with van der Waals surface area (Å²) in [7, 11) is 0. The van der Waals surface area contributed by atoms with Gasteiger partial charge in [0.05, 0.1) is 0 Å². The second-order valence-corrected chi connectivity index (χ2v) is 4.80. The maximum atomic E-state index is 11.8. The highest BCUT2D eigenvalue weighted by Crippen LogP contribution is 2.41. The average molecular weight is 311 g/mol. The predicted octanol–water partition coefficient (Wildman–Crippen LogP) is 2.43. The molecule has 22 heavy (non-hydrogen) atoms. The molecule has 1 aliphatic heterocycles. The Labute approximate surface area is 134 Å². The summed E-state index contributed by atoms with van der Waals surface area (Å²) in [5.74, 6) is -3.25. The maximum Gasteiger partial charge on any atom is 0.342 e. The van der Waals surface area contributed by atoms with Crippen LogP contribution in [0.1, 0.15) is 53.5 Å². The van der Waals surface area contributed by atoms with E-state index in [0.717, 1.165) is 6.08 Å². The average Bonchev–Trinajstić information content (AvgIpc) is 2.87. The van der Waals surface area contributed by atoms with E-state index in [0.29, 0.717) is 5.56 Å². The van der Waals surface area contributed by atoms with Gasteiger partial charge in [0.25, 0.3) is 0 Å². The van der Waals surface area contributed by atoms with Crippen LogP contribution in [0.15, 0.2) is 11.6 Å². The highest BCUT2D eigenvalue weighted by atomic mass is 16.5. The number of ether oxygens (including phenoxy) is 1. The van der Waals surface area contributed by atoms with E-state index in [-0.39, 0.29) is 29.0 Å². The molecule has 0 saturated carbocycles. The first kappa shape index (κ1) is 10.3. The number of esters is 1. The number of phenols is 2. The van der Waals surface area contributed by atoms with Gasteiger partial charge in [0.2, 0.25) is 0 Å². The van der Waals surface area contributed by atoms with Gasteiger partial charge in [-0.05, 0) is 32.1 Å².